The second-order valence-corrected chi connectivity index (χ2v) is 6.72. The van der Waals surface area contributed by atoms with E-state index in [1.165, 1.54) is 12.5 Å². The third kappa shape index (κ3) is 3.17. The quantitative estimate of drug-likeness (QED) is 0.928. The SMILES string of the molecule is Cc1ccc(CCC(=O)NC2CCC23CCOCC3)cc1F. The van der Waals surface area contributed by atoms with Crippen molar-refractivity contribution in [3.8, 4) is 0 Å². The van der Waals surface area contributed by atoms with Crippen LogP contribution in [0, 0.1) is 18.2 Å². The molecule has 1 atom stereocenters. The minimum Gasteiger partial charge on any atom is -0.381 e. The first-order valence-corrected chi connectivity index (χ1v) is 8.21. The van der Waals surface area contributed by atoms with Gasteiger partial charge in [-0.05, 0) is 61.6 Å². The molecule has 1 aromatic carbocycles. The first-order chi connectivity index (χ1) is 10.6. The molecule has 3 rings (SSSR count). The number of carbonyl (C=O) groups is 1. The second-order valence-electron chi connectivity index (χ2n) is 6.72. The van der Waals surface area contributed by atoms with Crippen LogP contribution >= 0.6 is 0 Å². The van der Waals surface area contributed by atoms with Gasteiger partial charge in [0.05, 0.1) is 0 Å². The molecule has 1 aromatic rings. The summed E-state index contributed by atoms with van der Waals surface area (Å²) in [5, 5.41) is 3.18. The fourth-order valence-electron chi connectivity index (χ4n) is 3.61. The normalized spacial score (nSPS) is 23.1. The maximum atomic E-state index is 13.5. The van der Waals surface area contributed by atoms with Gasteiger partial charge in [0, 0.05) is 25.7 Å². The molecule has 1 spiro atoms. The van der Waals surface area contributed by atoms with Crippen molar-refractivity contribution in [2.45, 2.75) is 51.5 Å². The van der Waals surface area contributed by atoms with Crippen LogP contribution in [0.25, 0.3) is 0 Å². The number of aryl methyl sites for hydroxylation is 2. The molecule has 3 nitrogen and oxygen atoms in total. The number of carbonyl (C=O) groups excluding carboxylic acids is 1. The molecule has 1 saturated heterocycles. The van der Waals surface area contributed by atoms with Gasteiger partial charge in [-0.1, -0.05) is 12.1 Å². The summed E-state index contributed by atoms with van der Waals surface area (Å²) in [6.07, 6.45) is 5.40. The fraction of sp³-hybridized carbons (Fsp3) is 0.611. The molecule has 0 bridgehead atoms. The van der Waals surface area contributed by atoms with Crippen molar-refractivity contribution in [2.24, 2.45) is 5.41 Å². The Morgan fingerprint density at radius 2 is 2.14 bits per heavy atom. The number of benzene rings is 1. The van der Waals surface area contributed by atoms with Gasteiger partial charge in [-0.15, -0.1) is 0 Å². The zero-order valence-electron chi connectivity index (χ0n) is 13.2. The van der Waals surface area contributed by atoms with Crippen LogP contribution in [0.3, 0.4) is 0 Å². The highest BCUT2D eigenvalue weighted by molar-refractivity contribution is 5.76. The summed E-state index contributed by atoms with van der Waals surface area (Å²) in [6.45, 7) is 3.37. The van der Waals surface area contributed by atoms with Crippen LogP contribution in [0.2, 0.25) is 0 Å². The lowest BCUT2D eigenvalue weighted by atomic mass is 9.60. The monoisotopic (exact) mass is 305 g/mol. The average Bonchev–Trinajstić information content (AvgIpc) is 2.53. The van der Waals surface area contributed by atoms with Crippen molar-refractivity contribution >= 4 is 5.91 Å². The van der Waals surface area contributed by atoms with E-state index >= 15 is 0 Å². The van der Waals surface area contributed by atoms with Gasteiger partial charge in [-0.25, -0.2) is 4.39 Å². The molecule has 2 aliphatic rings. The molecule has 1 heterocycles. The maximum absolute atomic E-state index is 13.5. The van der Waals surface area contributed by atoms with E-state index < -0.39 is 0 Å². The molecular weight excluding hydrogens is 281 g/mol. The largest absolute Gasteiger partial charge is 0.381 e. The summed E-state index contributed by atoms with van der Waals surface area (Å²) in [5.74, 6) is -0.116. The van der Waals surface area contributed by atoms with Gasteiger partial charge in [0.2, 0.25) is 5.91 Å². The Hall–Kier alpha value is -1.42. The molecule has 2 fully saturated rings. The van der Waals surface area contributed by atoms with E-state index in [1.54, 1.807) is 13.0 Å². The summed E-state index contributed by atoms with van der Waals surface area (Å²) in [6, 6.07) is 5.51. The van der Waals surface area contributed by atoms with Crippen LogP contribution in [0.4, 0.5) is 4.39 Å². The zero-order valence-corrected chi connectivity index (χ0v) is 13.2. The number of nitrogens with one attached hydrogen (secondary N) is 1. The summed E-state index contributed by atoms with van der Waals surface area (Å²) in [4.78, 5) is 12.2. The smallest absolute Gasteiger partial charge is 0.220 e. The number of hydrogen-bond donors (Lipinski definition) is 1. The van der Waals surface area contributed by atoms with Crippen LogP contribution in [0.5, 0.6) is 0 Å². The number of amides is 1. The van der Waals surface area contributed by atoms with E-state index in [1.807, 2.05) is 6.07 Å². The van der Waals surface area contributed by atoms with E-state index in [2.05, 4.69) is 5.32 Å². The van der Waals surface area contributed by atoms with Crippen LogP contribution < -0.4 is 5.32 Å². The highest BCUT2D eigenvalue weighted by Crippen LogP contribution is 2.48. The molecule has 0 aromatic heterocycles. The Kier molecular flexibility index (Phi) is 4.48. The van der Waals surface area contributed by atoms with Gasteiger partial charge >= 0.3 is 0 Å². The Bertz CT molecular complexity index is 552. The number of rotatable bonds is 4. The molecule has 120 valence electrons. The Morgan fingerprint density at radius 1 is 1.36 bits per heavy atom. The standard InChI is InChI=1S/C18H24FNO2/c1-13-2-3-14(12-15(13)19)4-5-17(21)20-16-6-7-18(16)8-10-22-11-9-18/h2-3,12,16H,4-11H2,1H3,(H,20,21). The lowest BCUT2D eigenvalue weighted by Crippen LogP contribution is -2.57. The van der Waals surface area contributed by atoms with Crippen molar-refractivity contribution in [2.75, 3.05) is 13.2 Å². The van der Waals surface area contributed by atoms with Gasteiger partial charge in [0.25, 0.3) is 0 Å². The van der Waals surface area contributed by atoms with Crippen molar-refractivity contribution in [1.82, 2.24) is 5.32 Å². The third-order valence-electron chi connectivity index (χ3n) is 5.37. The Morgan fingerprint density at radius 3 is 2.77 bits per heavy atom. The summed E-state index contributed by atoms with van der Waals surface area (Å²) in [5.41, 5.74) is 1.81. The van der Waals surface area contributed by atoms with Gasteiger partial charge < -0.3 is 10.1 Å². The van der Waals surface area contributed by atoms with E-state index in [9.17, 15) is 9.18 Å². The minimum atomic E-state index is -0.196. The Balaban J connectivity index is 1.49. The number of hydrogen-bond acceptors (Lipinski definition) is 2. The topological polar surface area (TPSA) is 38.3 Å². The van der Waals surface area contributed by atoms with Crippen molar-refractivity contribution in [1.29, 1.82) is 0 Å². The predicted octanol–water partition coefficient (Wildman–Crippen LogP) is 3.14. The molecule has 1 unspecified atom stereocenters. The van der Waals surface area contributed by atoms with E-state index in [-0.39, 0.29) is 17.1 Å². The molecule has 1 N–H and O–H groups in total. The van der Waals surface area contributed by atoms with E-state index in [4.69, 9.17) is 4.74 Å². The lowest BCUT2D eigenvalue weighted by Gasteiger charge is -2.52. The minimum absolute atomic E-state index is 0.0801. The first kappa shape index (κ1) is 15.5. The predicted molar refractivity (Wildman–Crippen MR) is 83.1 cm³/mol. The van der Waals surface area contributed by atoms with Crippen LogP contribution in [-0.4, -0.2) is 25.2 Å². The first-order valence-electron chi connectivity index (χ1n) is 8.21. The van der Waals surface area contributed by atoms with Gasteiger partial charge in [0.15, 0.2) is 0 Å². The molecule has 0 radical (unpaired) electrons. The van der Waals surface area contributed by atoms with Crippen LogP contribution in [0.1, 0.15) is 43.2 Å². The van der Waals surface area contributed by atoms with E-state index in [0.717, 1.165) is 38.0 Å². The lowest BCUT2D eigenvalue weighted by molar-refractivity contribution is -0.127. The second kappa shape index (κ2) is 6.37. The average molecular weight is 305 g/mol. The molecule has 1 saturated carbocycles. The van der Waals surface area contributed by atoms with Crippen molar-refractivity contribution < 1.29 is 13.9 Å². The molecule has 4 heteroatoms. The Labute approximate surface area is 131 Å². The van der Waals surface area contributed by atoms with E-state index in [0.29, 0.717) is 24.4 Å². The third-order valence-corrected chi connectivity index (χ3v) is 5.37. The van der Waals surface area contributed by atoms with Gasteiger partial charge in [-0.2, -0.15) is 0 Å². The number of ether oxygens (including phenoxy) is 1. The zero-order chi connectivity index (χ0) is 15.6. The molecular formula is C18H24FNO2. The molecule has 1 aliphatic carbocycles. The fourth-order valence-corrected chi connectivity index (χ4v) is 3.61. The van der Waals surface area contributed by atoms with Gasteiger partial charge in [-0.3, -0.25) is 4.79 Å². The number of halogens is 1. The summed E-state index contributed by atoms with van der Waals surface area (Å²) >= 11 is 0. The molecule has 22 heavy (non-hydrogen) atoms. The molecule has 1 amide bonds. The highest BCUT2D eigenvalue weighted by Gasteiger charge is 2.47. The maximum Gasteiger partial charge on any atom is 0.220 e. The van der Waals surface area contributed by atoms with Crippen molar-refractivity contribution in [3.05, 3.63) is 35.1 Å². The molecule has 1 aliphatic heterocycles. The van der Waals surface area contributed by atoms with Crippen LogP contribution in [-0.2, 0) is 16.0 Å². The van der Waals surface area contributed by atoms with Crippen molar-refractivity contribution in [3.63, 3.8) is 0 Å². The van der Waals surface area contributed by atoms with Crippen LogP contribution in [0.15, 0.2) is 18.2 Å². The summed E-state index contributed by atoms with van der Waals surface area (Å²) < 4.78 is 18.9. The summed E-state index contributed by atoms with van der Waals surface area (Å²) in [7, 11) is 0. The van der Waals surface area contributed by atoms with Gasteiger partial charge in [0.1, 0.15) is 5.82 Å². The highest BCUT2D eigenvalue weighted by atomic mass is 19.1.